The van der Waals surface area contributed by atoms with E-state index in [1.807, 2.05) is 25.1 Å². The molecular formula is C12H16ClN3. The second kappa shape index (κ2) is 4.34. The van der Waals surface area contributed by atoms with E-state index >= 15 is 0 Å². The van der Waals surface area contributed by atoms with Crippen LogP contribution in [0, 0.1) is 6.92 Å². The molecule has 1 saturated heterocycles. The van der Waals surface area contributed by atoms with Gasteiger partial charge in [0.05, 0.1) is 5.69 Å². The van der Waals surface area contributed by atoms with Gasteiger partial charge in [-0.3, -0.25) is 0 Å². The Balaban J connectivity index is 2.38. The van der Waals surface area contributed by atoms with E-state index in [0.717, 1.165) is 35.3 Å². The average Bonchev–Trinajstić information content (AvgIpc) is 2.55. The molecule has 0 N–H and O–H groups in total. The fourth-order valence-corrected chi connectivity index (χ4v) is 1.94. The number of aryl methyl sites for hydroxylation is 1. The van der Waals surface area contributed by atoms with Gasteiger partial charge in [0.25, 0.3) is 0 Å². The van der Waals surface area contributed by atoms with Crippen LogP contribution >= 0.6 is 11.6 Å². The van der Waals surface area contributed by atoms with E-state index < -0.39 is 0 Å². The van der Waals surface area contributed by atoms with Crippen molar-refractivity contribution in [3.05, 3.63) is 28.8 Å². The third-order valence-corrected chi connectivity index (χ3v) is 3.08. The Kier molecular flexibility index (Phi) is 3.06. The van der Waals surface area contributed by atoms with E-state index in [1.165, 1.54) is 0 Å². The fraction of sp³-hybridized carbons (Fsp3) is 0.417. The van der Waals surface area contributed by atoms with Crippen LogP contribution in [0.3, 0.4) is 0 Å². The van der Waals surface area contributed by atoms with E-state index in [9.17, 15) is 0 Å². The first-order valence-electron chi connectivity index (χ1n) is 5.35. The Bertz CT molecular complexity index is 416. The highest BCUT2D eigenvalue weighted by atomic mass is 35.5. The summed E-state index contributed by atoms with van der Waals surface area (Å²) < 4.78 is 0. The molecule has 1 fully saturated rings. The summed E-state index contributed by atoms with van der Waals surface area (Å²) in [6.45, 7) is 4.09. The summed E-state index contributed by atoms with van der Waals surface area (Å²) in [7, 11) is 4.12. The molecule has 0 unspecified atom stereocenters. The highest BCUT2D eigenvalue weighted by molar-refractivity contribution is 6.30. The molecule has 2 rings (SSSR count). The summed E-state index contributed by atoms with van der Waals surface area (Å²) in [6, 6.07) is 5.79. The molecule has 0 aromatic heterocycles. The molecule has 0 saturated carbocycles. The van der Waals surface area contributed by atoms with Crippen molar-refractivity contribution in [2.45, 2.75) is 6.92 Å². The monoisotopic (exact) mass is 237 g/mol. The Morgan fingerprint density at radius 1 is 1.19 bits per heavy atom. The molecular weight excluding hydrogens is 222 g/mol. The third kappa shape index (κ3) is 2.14. The minimum absolute atomic E-state index is 0.730. The fourth-order valence-electron chi connectivity index (χ4n) is 1.77. The van der Waals surface area contributed by atoms with Crippen molar-refractivity contribution in [3.63, 3.8) is 0 Å². The molecule has 1 aliphatic heterocycles. The van der Waals surface area contributed by atoms with E-state index in [4.69, 9.17) is 11.6 Å². The number of likely N-dealkylation sites (N-methyl/N-ethyl adjacent to an activating group) is 2. The van der Waals surface area contributed by atoms with Gasteiger partial charge in [-0.15, -0.1) is 0 Å². The summed E-state index contributed by atoms with van der Waals surface area (Å²) >= 11 is 5.98. The maximum absolute atomic E-state index is 5.98. The Hall–Kier alpha value is -1.22. The molecule has 1 aliphatic rings. The van der Waals surface area contributed by atoms with Gasteiger partial charge in [-0.2, -0.15) is 0 Å². The van der Waals surface area contributed by atoms with Crippen molar-refractivity contribution >= 4 is 23.2 Å². The number of nitrogens with zero attached hydrogens (tertiary/aromatic N) is 3. The first-order chi connectivity index (χ1) is 7.58. The molecule has 1 aromatic rings. The summed E-state index contributed by atoms with van der Waals surface area (Å²) in [5.41, 5.74) is 2.09. The van der Waals surface area contributed by atoms with Crippen molar-refractivity contribution in [2.75, 3.05) is 27.2 Å². The van der Waals surface area contributed by atoms with Crippen LogP contribution in [0.25, 0.3) is 0 Å². The lowest BCUT2D eigenvalue weighted by molar-refractivity contribution is 0.553. The molecule has 86 valence electrons. The van der Waals surface area contributed by atoms with Crippen molar-refractivity contribution in [3.8, 4) is 0 Å². The quantitative estimate of drug-likeness (QED) is 0.748. The predicted octanol–water partition coefficient (Wildman–Crippen LogP) is 2.51. The SMILES string of the molecule is Cc1ccc(Cl)cc1N=C1N(C)CCN1C. The topological polar surface area (TPSA) is 18.8 Å². The second-order valence-electron chi connectivity index (χ2n) is 4.19. The zero-order valence-corrected chi connectivity index (χ0v) is 10.6. The number of halogens is 1. The first-order valence-corrected chi connectivity index (χ1v) is 5.73. The smallest absolute Gasteiger partial charge is 0.201 e. The van der Waals surface area contributed by atoms with Gasteiger partial charge in [0, 0.05) is 32.2 Å². The maximum atomic E-state index is 5.98. The average molecular weight is 238 g/mol. The van der Waals surface area contributed by atoms with E-state index in [-0.39, 0.29) is 0 Å². The zero-order valence-electron chi connectivity index (χ0n) is 9.87. The minimum Gasteiger partial charge on any atom is -0.344 e. The lowest BCUT2D eigenvalue weighted by Gasteiger charge is -2.16. The predicted molar refractivity (Wildman–Crippen MR) is 68.5 cm³/mol. The molecule has 0 aliphatic carbocycles. The van der Waals surface area contributed by atoms with E-state index in [1.54, 1.807) is 0 Å². The van der Waals surface area contributed by atoms with Gasteiger partial charge in [-0.1, -0.05) is 17.7 Å². The number of aliphatic imine (C=N–C) groups is 1. The van der Waals surface area contributed by atoms with Gasteiger partial charge < -0.3 is 9.80 Å². The molecule has 0 amide bonds. The van der Waals surface area contributed by atoms with Crippen LogP contribution < -0.4 is 0 Å². The molecule has 0 atom stereocenters. The maximum Gasteiger partial charge on any atom is 0.201 e. The van der Waals surface area contributed by atoms with Crippen LogP contribution in [-0.4, -0.2) is 42.9 Å². The number of guanidine groups is 1. The molecule has 0 radical (unpaired) electrons. The molecule has 0 bridgehead atoms. The van der Waals surface area contributed by atoms with E-state index in [0.29, 0.717) is 0 Å². The van der Waals surface area contributed by atoms with Gasteiger partial charge in [0.1, 0.15) is 0 Å². The van der Waals surface area contributed by atoms with Crippen LogP contribution in [0.1, 0.15) is 5.56 Å². The normalized spacial score (nSPS) is 15.9. The largest absolute Gasteiger partial charge is 0.344 e. The zero-order chi connectivity index (χ0) is 11.7. The number of benzene rings is 1. The van der Waals surface area contributed by atoms with Crippen LogP contribution in [-0.2, 0) is 0 Å². The van der Waals surface area contributed by atoms with Crippen molar-refractivity contribution in [2.24, 2.45) is 4.99 Å². The van der Waals surface area contributed by atoms with Gasteiger partial charge in [0.2, 0.25) is 5.96 Å². The number of rotatable bonds is 1. The van der Waals surface area contributed by atoms with Crippen LogP contribution in [0.4, 0.5) is 5.69 Å². The standard InChI is InChI=1S/C12H16ClN3/c1-9-4-5-10(13)8-11(9)14-12-15(2)6-7-16(12)3/h4-5,8H,6-7H2,1-3H3. The van der Waals surface area contributed by atoms with Crippen LogP contribution in [0.5, 0.6) is 0 Å². The summed E-state index contributed by atoms with van der Waals surface area (Å²) in [6.07, 6.45) is 0. The molecule has 3 nitrogen and oxygen atoms in total. The van der Waals surface area contributed by atoms with Gasteiger partial charge in [-0.05, 0) is 24.6 Å². The lowest BCUT2D eigenvalue weighted by Crippen LogP contribution is -2.27. The van der Waals surface area contributed by atoms with Crippen molar-refractivity contribution < 1.29 is 0 Å². The van der Waals surface area contributed by atoms with Gasteiger partial charge >= 0.3 is 0 Å². The Morgan fingerprint density at radius 2 is 1.81 bits per heavy atom. The van der Waals surface area contributed by atoms with Crippen molar-refractivity contribution in [1.29, 1.82) is 0 Å². The molecule has 4 heteroatoms. The third-order valence-electron chi connectivity index (χ3n) is 2.85. The molecule has 16 heavy (non-hydrogen) atoms. The Morgan fingerprint density at radius 3 is 2.44 bits per heavy atom. The first kappa shape index (κ1) is 11.3. The van der Waals surface area contributed by atoms with Gasteiger partial charge in [-0.25, -0.2) is 4.99 Å². The highest BCUT2D eigenvalue weighted by Gasteiger charge is 2.19. The van der Waals surface area contributed by atoms with E-state index in [2.05, 4.69) is 28.9 Å². The highest BCUT2D eigenvalue weighted by Crippen LogP contribution is 2.24. The van der Waals surface area contributed by atoms with Crippen LogP contribution in [0.15, 0.2) is 23.2 Å². The summed E-state index contributed by atoms with van der Waals surface area (Å²) in [5.74, 6) is 1.00. The summed E-state index contributed by atoms with van der Waals surface area (Å²) in [5, 5.41) is 0.730. The number of hydrogen-bond acceptors (Lipinski definition) is 1. The molecule has 1 heterocycles. The summed E-state index contributed by atoms with van der Waals surface area (Å²) in [4.78, 5) is 8.97. The minimum atomic E-state index is 0.730. The second-order valence-corrected chi connectivity index (χ2v) is 4.62. The molecule has 1 aromatic carbocycles. The number of hydrogen-bond donors (Lipinski definition) is 0. The van der Waals surface area contributed by atoms with Crippen molar-refractivity contribution in [1.82, 2.24) is 9.80 Å². The van der Waals surface area contributed by atoms with Crippen LogP contribution in [0.2, 0.25) is 5.02 Å². The van der Waals surface area contributed by atoms with Gasteiger partial charge in [0.15, 0.2) is 0 Å². The lowest BCUT2D eigenvalue weighted by atomic mass is 10.2. The molecule has 0 spiro atoms. The Labute approximate surface area is 101 Å².